The number of hydrogen-bond acceptors (Lipinski definition) is 2. The Hall–Kier alpha value is -1.51. The third-order valence-electron chi connectivity index (χ3n) is 2.57. The van der Waals surface area contributed by atoms with E-state index in [4.69, 9.17) is 4.74 Å². The van der Waals surface area contributed by atoms with Crippen LogP contribution < -0.4 is 10.1 Å². The van der Waals surface area contributed by atoms with E-state index in [1.807, 2.05) is 26.0 Å². The summed E-state index contributed by atoms with van der Waals surface area (Å²) >= 11 is 0. The van der Waals surface area contributed by atoms with Crippen molar-refractivity contribution in [2.24, 2.45) is 0 Å². The van der Waals surface area contributed by atoms with Crippen molar-refractivity contribution in [1.29, 1.82) is 0 Å². The molecule has 1 heterocycles. The molecule has 0 saturated carbocycles. The van der Waals surface area contributed by atoms with Crippen LogP contribution in [0.2, 0.25) is 0 Å². The molecule has 0 aromatic heterocycles. The Bertz CT molecular complexity index is 385. The molecule has 1 aromatic carbocycles. The Balaban J connectivity index is 2.60. The number of carbonyl (C=O) groups excluding carboxylic acids is 1. The van der Waals surface area contributed by atoms with Crippen molar-refractivity contribution < 1.29 is 9.53 Å². The molecule has 0 saturated heterocycles. The van der Waals surface area contributed by atoms with Gasteiger partial charge in [-0.2, -0.15) is 0 Å². The third-order valence-corrected chi connectivity index (χ3v) is 2.57. The summed E-state index contributed by atoms with van der Waals surface area (Å²) < 4.78 is 5.47. The van der Waals surface area contributed by atoms with Crippen molar-refractivity contribution in [2.45, 2.75) is 13.8 Å². The van der Waals surface area contributed by atoms with Crippen LogP contribution in [0.5, 0.6) is 5.75 Å². The molecular weight excluding hydrogens is 178 g/mol. The Morgan fingerprint density at radius 1 is 1.36 bits per heavy atom. The second-order valence-corrected chi connectivity index (χ2v) is 3.48. The van der Waals surface area contributed by atoms with E-state index >= 15 is 0 Å². The molecule has 0 fully saturated rings. The van der Waals surface area contributed by atoms with Gasteiger partial charge in [-0.15, -0.1) is 0 Å². The summed E-state index contributed by atoms with van der Waals surface area (Å²) in [4.78, 5) is 11.7. The van der Waals surface area contributed by atoms with E-state index in [0.717, 1.165) is 11.1 Å². The van der Waals surface area contributed by atoms with Crippen LogP contribution >= 0.6 is 0 Å². The van der Waals surface area contributed by atoms with Crippen LogP contribution in [0.25, 0.3) is 0 Å². The molecule has 0 radical (unpaired) electrons. The van der Waals surface area contributed by atoms with Gasteiger partial charge < -0.3 is 10.1 Å². The lowest BCUT2D eigenvalue weighted by atomic mass is 10.0. The quantitative estimate of drug-likeness (QED) is 0.673. The van der Waals surface area contributed by atoms with Crippen molar-refractivity contribution in [3.63, 3.8) is 0 Å². The largest absolute Gasteiger partial charge is 0.491 e. The van der Waals surface area contributed by atoms with E-state index in [1.54, 1.807) is 0 Å². The first kappa shape index (κ1) is 9.06. The molecule has 0 aliphatic carbocycles. The fourth-order valence-corrected chi connectivity index (χ4v) is 1.61. The molecule has 1 aliphatic rings. The van der Waals surface area contributed by atoms with Crippen molar-refractivity contribution in [3.05, 3.63) is 28.8 Å². The first-order chi connectivity index (χ1) is 6.70. The SMILES string of the molecule is Cc1ccc2c(c1C)C(=O)NCCO2. The zero-order valence-electron chi connectivity index (χ0n) is 8.39. The van der Waals surface area contributed by atoms with Crippen molar-refractivity contribution in [3.8, 4) is 5.75 Å². The monoisotopic (exact) mass is 191 g/mol. The highest BCUT2D eigenvalue weighted by Crippen LogP contribution is 2.25. The summed E-state index contributed by atoms with van der Waals surface area (Å²) in [5, 5.41) is 2.80. The molecule has 74 valence electrons. The van der Waals surface area contributed by atoms with Crippen LogP contribution in [0.4, 0.5) is 0 Å². The second kappa shape index (κ2) is 3.33. The van der Waals surface area contributed by atoms with Gasteiger partial charge in [0.05, 0.1) is 12.1 Å². The number of carbonyl (C=O) groups is 1. The van der Waals surface area contributed by atoms with Gasteiger partial charge in [-0.25, -0.2) is 0 Å². The molecule has 0 bridgehead atoms. The van der Waals surface area contributed by atoms with Crippen LogP contribution in [0.3, 0.4) is 0 Å². The van der Waals surface area contributed by atoms with Gasteiger partial charge in [0.2, 0.25) is 0 Å². The fraction of sp³-hybridized carbons (Fsp3) is 0.364. The lowest BCUT2D eigenvalue weighted by molar-refractivity contribution is 0.0956. The Morgan fingerprint density at radius 2 is 2.14 bits per heavy atom. The van der Waals surface area contributed by atoms with Crippen LogP contribution in [0, 0.1) is 13.8 Å². The molecule has 2 rings (SSSR count). The van der Waals surface area contributed by atoms with Crippen LogP contribution in [0.1, 0.15) is 21.5 Å². The second-order valence-electron chi connectivity index (χ2n) is 3.48. The average Bonchev–Trinajstić information content (AvgIpc) is 2.35. The van der Waals surface area contributed by atoms with E-state index in [-0.39, 0.29) is 5.91 Å². The number of ether oxygens (including phenoxy) is 1. The van der Waals surface area contributed by atoms with Gasteiger partial charge >= 0.3 is 0 Å². The standard InChI is InChI=1S/C11H13NO2/c1-7-3-4-9-10(8(7)2)11(13)12-5-6-14-9/h3-4H,5-6H2,1-2H3,(H,12,13). The number of benzene rings is 1. The molecule has 1 aliphatic heterocycles. The van der Waals surface area contributed by atoms with Gasteiger partial charge in [-0.3, -0.25) is 4.79 Å². The van der Waals surface area contributed by atoms with Gasteiger partial charge in [-0.05, 0) is 31.0 Å². The van der Waals surface area contributed by atoms with Gasteiger partial charge in [0.1, 0.15) is 12.4 Å². The Labute approximate surface area is 83.1 Å². The van der Waals surface area contributed by atoms with Crippen molar-refractivity contribution in [1.82, 2.24) is 5.32 Å². The van der Waals surface area contributed by atoms with E-state index in [0.29, 0.717) is 24.5 Å². The summed E-state index contributed by atoms with van der Waals surface area (Å²) in [6.07, 6.45) is 0. The summed E-state index contributed by atoms with van der Waals surface area (Å²) in [6.45, 7) is 5.06. The minimum absolute atomic E-state index is 0.0290. The average molecular weight is 191 g/mol. The highest BCUT2D eigenvalue weighted by molar-refractivity contribution is 5.99. The lowest BCUT2D eigenvalue weighted by Gasteiger charge is -2.10. The zero-order valence-corrected chi connectivity index (χ0v) is 8.39. The lowest BCUT2D eigenvalue weighted by Crippen LogP contribution is -2.25. The first-order valence-electron chi connectivity index (χ1n) is 4.71. The highest BCUT2D eigenvalue weighted by Gasteiger charge is 2.19. The number of amides is 1. The number of fused-ring (bicyclic) bond motifs is 1. The van der Waals surface area contributed by atoms with E-state index < -0.39 is 0 Å². The van der Waals surface area contributed by atoms with E-state index in [2.05, 4.69) is 5.32 Å². The summed E-state index contributed by atoms with van der Waals surface area (Å²) in [5.74, 6) is 0.668. The van der Waals surface area contributed by atoms with Crippen LogP contribution in [-0.2, 0) is 0 Å². The maximum Gasteiger partial charge on any atom is 0.255 e. The number of hydrogen-bond donors (Lipinski definition) is 1. The highest BCUT2D eigenvalue weighted by atomic mass is 16.5. The predicted octanol–water partition coefficient (Wildman–Crippen LogP) is 1.43. The molecule has 1 amide bonds. The molecule has 3 heteroatoms. The molecule has 1 N–H and O–H groups in total. The predicted molar refractivity (Wildman–Crippen MR) is 53.7 cm³/mol. The maximum atomic E-state index is 11.7. The van der Waals surface area contributed by atoms with E-state index in [1.165, 1.54) is 0 Å². The number of nitrogens with one attached hydrogen (secondary N) is 1. The normalized spacial score (nSPS) is 15.1. The Morgan fingerprint density at radius 3 is 2.93 bits per heavy atom. The topological polar surface area (TPSA) is 38.3 Å². The van der Waals surface area contributed by atoms with Gasteiger partial charge in [0, 0.05) is 0 Å². The van der Waals surface area contributed by atoms with Gasteiger partial charge in [0.15, 0.2) is 0 Å². The van der Waals surface area contributed by atoms with E-state index in [9.17, 15) is 4.79 Å². The minimum Gasteiger partial charge on any atom is -0.491 e. The number of rotatable bonds is 0. The molecule has 1 aromatic rings. The Kier molecular flexibility index (Phi) is 2.15. The van der Waals surface area contributed by atoms with Gasteiger partial charge in [0.25, 0.3) is 5.91 Å². The van der Waals surface area contributed by atoms with Crippen molar-refractivity contribution >= 4 is 5.91 Å². The molecule has 0 unspecified atom stereocenters. The van der Waals surface area contributed by atoms with Gasteiger partial charge in [-0.1, -0.05) is 6.07 Å². The minimum atomic E-state index is -0.0290. The zero-order chi connectivity index (χ0) is 10.1. The molecule has 0 atom stereocenters. The smallest absolute Gasteiger partial charge is 0.255 e. The third kappa shape index (κ3) is 1.35. The van der Waals surface area contributed by atoms with Crippen molar-refractivity contribution in [2.75, 3.05) is 13.2 Å². The fourth-order valence-electron chi connectivity index (χ4n) is 1.61. The molecular formula is C11H13NO2. The molecule has 14 heavy (non-hydrogen) atoms. The first-order valence-corrected chi connectivity index (χ1v) is 4.71. The summed E-state index contributed by atoms with van der Waals surface area (Å²) in [5.41, 5.74) is 2.80. The van der Waals surface area contributed by atoms with Crippen LogP contribution in [0.15, 0.2) is 12.1 Å². The molecule has 3 nitrogen and oxygen atoms in total. The number of aryl methyl sites for hydroxylation is 1. The summed E-state index contributed by atoms with van der Waals surface area (Å²) in [6, 6.07) is 3.84. The maximum absolute atomic E-state index is 11.7. The molecule has 0 spiro atoms. The van der Waals surface area contributed by atoms with Crippen LogP contribution in [-0.4, -0.2) is 19.1 Å². The summed E-state index contributed by atoms with van der Waals surface area (Å²) in [7, 11) is 0.